The molecule has 1 N–H and O–H groups in total. The van der Waals surface area contributed by atoms with Gasteiger partial charge in [-0.2, -0.15) is 0 Å². The predicted molar refractivity (Wildman–Crippen MR) is 119 cm³/mol. The summed E-state index contributed by atoms with van der Waals surface area (Å²) in [4.78, 5) is 31.4. The number of amides is 1. The van der Waals surface area contributed by atoms with E-state index in [9.17, 15) is 14.7 Å². The van der Waals surface area contributed by atoms with Crippen molar-refractivity contribution >= 4 is 40.7 Å². The Balaban J connectivity index is 1.87. The molecule has 1 unspecified atom stereocenters. The van der Waals surface area contributed by atoms with Crippen LogP contribution in [0.3, 0.4) is 0 Å². The van der Waals surface area contributed by atoms with Gasteiger partial charge in [-0.05, 0) is 42.8 Å². The molecule has 0 spiro atoms. The van der Waals surface area contributed by atoms with Crippen LogP contribution in [0.15, 0.2) is 58.8 Å². The number of ether oxygens (including phenoxy) is 1. The second-order valence-corrected chi connectivity index (χ2v) is 8.02. The number of carbonyl (C=O) groups is 2. The predicted octanol–water partition coefficient (Wildman–Crippen LogP) is 4.92. The van der Waals surface area contributed by atoms with E-state index in [1.54, 1.807) is 43.6 Å². The number of ketones is 1. The number of hydrogen-bond acceptors (Lipinski definition) is 6. The van der Waals surface area contributed by atoms with Crippen molar-refractivity contribution in [1.29, 1.82) is 0 Å². The molecule has 0 bridgehead atoms. The van der Waals surface area contributed by atoms with E-state index in [1.807, 2.05) is 0 Å². The molecule has 1 saturated heterocycles. The molecule has 4 rings (SSSR count). The summed E-state index contributed by atoms with van der Waals surface area (Å²) in [6.07, 6.45) is 3.22. The van der Waals surface area contributed by atoms with Gasteiger partial charge in [-0.15, -0.1) is 0 Å². The van der Waals surface area contributed by atoms with Crippen LogP contribution in [0.2, 0.25) is 10.0 Å². The summed E-state index contributed by atoms with van der Waals surface area (Å²) in [5.41, 5.74) is 0.775. The van der Waals surface area contributed by atoms with Crippen LogP contribution < -0.4 is 4.74 Å². The Morgan fingerprint density at radius 2 is 1.94 bits per heavy atom. The number of furan rings is 1. The largest absolute Gasteiger partial charge is 0.507 e. The summed E-state index contributed by atoms with van der Waals surface area (Å²) in [6, 6.07) is 8.81. The van der Waals surface area contributed by atoms with Gasteiger partial charge in [0.1, 0.15) is 23.3 Å². The average Bonchev–Trinajstić information content (AvgIpc) is 3.30. The lowest BCUT2D eigenvalue weighted by Crippen LogP contribution is -2.29. The summed E-state index contributed by atoms with van der Waals surface area (Å²) in [5.74, 6) is -0.836. The molecule has 1 aliphatic rings. The third-order valence-electron chi connectivity index (χ3n) is 5.12. The van der Waals surface area contributed by atoms with Gasteiger partial charge in [0.2, 0.25) is 0 Å². The molecule has 1 fully saturated rings. The molecule has 1 atom stereocenters. The van der Waals surface area contributed by atoms with E-state index < -0.39 is 23.5 Å². The van der Waals surface area contributed by atoms with Gasteiger partial charge in [-0.1, -0.05) is 29.3 Å². The van der Waals surface area contributed by atoms with Crippen LogP contribution in [0.1, 0.15) is 28.7 Å². The monoisotopic (exact) mass is 472 g/mol. The highest BCUT2D eigenvalue weighted by atomic mass is 35.5. The number of carbonyl (C=O) groups excluding carboxylic acids is 2. The first kappa shape index (κ1) is 21.9. The highest BCUT2D eigenvalue weighted by Gasteiger charge is 2.47. The minimum absolute atomic E-state index is 0.101. The quantitative estimate of drug-likeness (QED) is 0.321. The van der Waals surface area contributed by atoms with Crippen LogP contribution in [-0.4, -0.2) is 33.8 Å². The molecule has 2 aromatic heterocycles. The van der Waals surface area contributed by atoms with Crippen molar-refractivity contribution in [3.05, 3.63) is 87.1 Å². The zero-order valence-corrected chi connectivity index (χ0v) is 18.6. The Bertz CT molecular complexity index is 1210. The van der Waals surface area contributed by atoms with Crippen LogP contribution in [0, 0.1) is 6.92 Å². The number of methoxy groups -OCH3 is 1. The summed E-state index contributed by atoms with van der Waals surface area (Å²) < 4.78 is 10.9. The Morgan fingerprint density at radius 1 is 1.22 bits per heavy atom. The molecule has 7 nitrogen and oxygen atoms in total. The maximum absolute atomic E-state index is 13.0. The standard InChI is InChI=1S/C23H18Cl2N2O5/c1-12-5-6-17(32-12)19-18(20(28)14-8-15(24)22(31-2)16(25)9-14)21(29)23(30)27(19)11-13-4-3-7-26-10-13/h3-10,19,28H,11H2,1-2H3/b20-18-. The van der Waals surface area contributed by atoms with E-state index in [0.29, 0.717) is 11.5 Å². The minimum atomic E-state index is -0.941. The van der Waals surface area contributed by atoms with Crippen LogP contribution >= 0.6 is 23.2 Å². The fourth-order valence-corrected chi connectivity index (χ4v) is 4.32. The summed E-state index contributed by atoms with van der Waals surface area (Å²) in [7, 11) is 1.41. The molecule has 164 valence electrons. The van der Waals surface area contributed by atoms with E-state index in [4.69, 9.17) is 32.4 Å². The van der Waals surface area contributed by atoms with Crippen molar-refractivity contribution in [2.24, 2.45) is 0 Å². The van der Waals surface area contributed by atoms with E-state index in [1.165, 1.54) is 24.1 Å². The number of halogens is 2. The van der Waals surface area contributed by atoms with E-state index in [2.05, 4.69) is 4.98 Å². The lowest BCUT2D eigenvalue weighted by molar-refractivity contribution is -0.140. The summed E-state index contributed by atoms with van der Waals surface area (Å²) >= 11 is 12.4. The second kappa shape index (κ2) is 8.68. The number of aromatic nitrogens is 1. The molecule has 1 amide bonds. The van der Waals surface area contributed by atoms with E-state index in [0.717, 1.165) is 5.56 Å². The van der Waals surface area contributed by atoms with Crippen LogP contribution in [0.4, 0.5) is 0 Å². The molecular formula is C23H18Cl2N2O5. The second-order valence-electron chi connectivity index (χ2n) is 7.21. The number of hydrogen-bond donors (Lipinski definition) is 1. The molecule has 0 aliphatic carbocycles. The van der Waals surface area contributed by atoms with Crippen LogP contribution in [0.5, 0.6) is 5.75 Å². The number of aryl methyl sites for hydroxylation is 1. The van der Waals surface area contributed by atoms with Crippen molar-refractivity contribution in [1.82, 2.24) is 9.88 Å². The number of rotatable bonds is 5. The molecule has 0 radical (unpaired) electrons. The third-order valence-corrected chi connectivity index (χ3v) is 5.68. The van der Waals surface area contributed by atoms with E-state index >= 15 is 0 Å². The number of aliphatic hydroxyl groups is 1. The number of Topliss-reactive ketones (excluding diaryl/α,β-unsaturated/α-hetero) is 1. The number of nitrogens with zero attached hydrogens (tertiary/aromatic N) is 2. The molecule has 9 heteroatoms. The maximum Gasteiger partial charge on any atom is 0.296 e. The number of benzene rings is 1. The third kappa shape index (κ3) is 3.85. The number of likely N-dealkylation sites (tertiary alicyclic amines) is 1. The van der Waals surface area contributed by atoms with Gasteiger partial charge in [-0.3, -0.25) is 14.6 Å². The Hall–Kier alpha value is -3.29. The molecule has 0 saturated carbocycles. The van der Waals surface area contributed by atoms with Gasteiger partial charge in [-0.25, -0.2) is 0 Å². The molecule has 3 heterocycles. The first-order chi connectivity index (χ1) is 15.3. The highest BCUT2D eigenvalue weighted by molar-refractivity contribution is 6.46. The number of pyridine rings is 1. The SMILES string of the molecule is COc1c(Cl)cc(/C(O)=C2/C(=O)C(=O)N(Cc3cccnc3)C2c2ccc(C)o2)cc1Cl. The van der Waals surface area contributed by atoms with Crippen molar-refractivity contribution in [2.45, 2.75) is 19.5 Å². The van der Waals surface area contributed by atoms with Gasteiger partial charge >= 0.3 is 0 Å². The van der Waals surface area contributed by atoms with Gasteiger partial charge in [0.15, 0.2) is 5.75 Å². The fraction of sp³-hybridized carbons (Fsp3) is 0.174. The van der Waals surface area contributed by atoms with Crippen molar-refractivity contribution < 1.29 is 23.8 Å². The molecule has 32 heavy (non-hydrogen) atoms. The lowest BCUT2D eigenvalue weighted by Gasteiger charge is -2.23. The van der Waals surface area contributed by atoms with E-state index in [-0.39, 0.29) is 33.5 Å². The molecule has 1 aromatic carbocycles. The summed E-state index contributed by atoms with van der Waals surface area (Å²) in [6.45, 7) is 1.85. The zero-order valence-electron chi connectivity index (χ0n) is 17.1. The number of aliphatic hydroxyl groups excluding tert-OH is 1. The van der Waals surface area contributed by atoms with Crippen molar-refractivity contribution in [3.8, 4) is 5.75 Å². The van der Waals surface area contributed by atoms with Crippen LogP contribution in [-0.2, 0) is 16.1 Å². The maximum atomic E-state index is 13.0. The minimum Gasteiger partial charge on any atom is -0.507 e. The molecular weight excluding hydrogens is 455 g/mol. The smallest absolute Gasteiger partial charge is 0.296 e. The van der Waals surface area contributed by atoms with Gasteiger partial charge in [0, 0.05) is 24.5 Å². The average molecular weight is 473 g/mol. The van der Waals surface area contributed by atoms with Crippen LogP contribution in [0.25, 0.3) is 5.76 Å². The van der Waals surface area contributed by atoms with Crippen molar-refractivity contribution in [3.63, 3.8) is 0 Å². The van der Waals surface area contributed by atoms with Crippen molar-refractivity contribution in [2.75, 3.05) is 7.11 Å². The Kier molecular flexibility index (Phi) is 5.95. The van der Waals surface area contributed by atoms with Gasteiger partial charge < -0.3 is 19.2 Å². The Morgan fingerprint density at radius 3 is 2.50 bits per heavy atom. The first-order valence-electron chi connectivity index (χ1n) is 9.59. The lowest BCUT2D eigenvalue weighted by atomic mass is 9.99. The molecule has 1 aliphatic heterocycles. The normalized spacial score (nSPS) is 17.8. The zero-order chi connectivity index (χ0) is 23.0. The fourth-order valence-electron chi connectivity index (χ4n) is 3.67. The Labute approximate surface area is 193 Å². The topological polar surface area (TPSA) is 92.9 Å². The van der Waals surface area contributed by atoms with Gasteiger partial charge in [0.25, 0.3) is 11.7 Å². The first-order valence-corrected chi connectivity index (χ1v) is 10.3. The van der Waals surface area contributed by atoms with Gasteiger partial charge in [0.05, 0.1) is 22.7 Å². The highest BCUT2D eigenvalue weighted by Crippen LogP contribution is 2.42. The summed E-state index contributed by atoms with van der Waals surface area (Å²) in [5, 5.41) is 11.4. The molecule has 3 aromatic rings.